The highest BCUT2D eigenvalue weighted by atomic mass is 32.1. The van der Waals surface area contributed by atoms with Crippen LogP contribution in [0.15, 0.2) is 113 Å². The fraction of sp³-hybridized carbons (Fsp3) is 0.162. The van der Waals surface area contributed by atoms with Crippen molar-refractivity contribution in [3.63, 3.8) is 0 Å². The fourth-order valence-electron chi connectivity index (χ4n) is 5.62. The van der Waals surface area contributed by atoms with E-state index < -0.39 is 35.5 Å². The van der Waals surface area contributed by atoms with Crippen LogP contribution in [-0.4, -0.2) is 33.0 Å². The quantitative estimate of drug-likeness (QED) is 0.184. The standard InChI is InChI=1S/C37H33F2N5O3S/c1-23(40)34(45)41-26-18-16-25(17-19-26)33-29(21-42(2)20-24-10-5-3-6-11-24)32-35(46)44(27-12-7-4-8-13-27)37(47)43(36(32)48-33)22-28-30(38)14-9-15-31(28)39/h3-19,23H,20-22,40H2,1-2H3,(H,41,45)/t23-/m0/s1. The molecule has 0 aliphatic heterocycles. The molecule has 8 nitrogen and oxygen atoms in total. The van der Waals surface area contributed by atoms with Gasteiger partial charge in [-0.15, -0.1) is 11.3 Å². The Morgan fingerprint density at radius 3 is 2.10 bits per heavy atom. The molecule has 0 unspecified atom stereocenters. The molecule has 0 aliphatic carbocycles. The molecule has 0 aliphatic rings. The summed E-state index contributed by atoms with van der Waals surface area (Å²) in [5, 5.41) is 3.05. The predicted molar refractivity (Wildman–Crippen MR) is 186 cm³/mol. The molecular formula is C37H33F2N5O3S. The summed E-state index contributed by atoms with van der Waals surface area (Å²) < 4.78 is 32.4. The number of aromatic nitrogens is 2. The maximum atomic E-state index is 15.0. The van der Waals surface area contributed by atoms with Gasteiger partial charge in [0.2, 0.25) is 5.91 Å². The largest absolute Gasteiger partial charge is 0.337 e. The lowest BCUT2D eigenvalue weighted by molar-refractivity contribution is -0.117. The van der Waals surface area contributed by atoms with Gasteiger partial charge >= 0.3 is 5.69 Å². The predicted octanol–water partition coefficient (Wildman–Crippen LogP) is 6.13. The first kappa shape index (κ1) is 32.7. The van der Waals surface area contributed by atoms with Crippen molar-refractivity contribution in [2.75, 3.05) is 12.4 Å². The van der Waals surface area contributed by atoms with Crippen LogP contribution in [0, 0.1) is 11.6 Å². The van der Waals surface area contributed by atoms with Crippen LogP contribution in [0.1, 0.15) is 23.6 Å². The molecular weight excluding hydrogens is 633 g/mol. The average molecular weight is 666 g/mol. The highest BCUT2D eigenvalue weighted by Gasteiger charge is 2.26. The maximum Gasteiger partial charge on any atom is 0.337 e. The highest BCUT2D eigenvalue weighted by Crippen LogP contribution is 2.38. The molecule has 4 aromatic carbocycles. The van der Waals surface area contributed by atoms with Crippen LogP contribution in [0.4, 0.5) is 14.5 Å². The Hall–Kier alpha value is -5.23. The zero-order chi connectivity index (χ0) is 33.9. The second-order valence-corrected chi connectivity index (χ2v) is 12.6. The number of benzene rings is 4. The van der Waals surface area contributed by atoms with Gasteiger partial charge in [-0.05, 0) is 67.1 Å². The van der Waals surface area contributed by atoms with Gasteiger partial charge < -0.3 is 11.1 Å². The van der Waals surface area contributed by atoms with E-state index in [0.717, 1.165) is 27.8 Å². The van der Waals surface area contributed by atoms with Crippen LogP contribution in [-0.2, 0) is 24.4 Å². The number of carbonyl (C=O) groups excluding carboxylic acids is 1. The first-order valence-electron chi connectivity index (χ1n) is 15.3. The topological polar surface area (TPSA) is 102 Å². The minimum Gasteiger partial charge on any atom is -0.325 e. The molecule has 6 rings (SSSR count). The van der Waals surface area contributed by atoms with Gasteiger partial charge in [-0.25, -0.2) is 18.1 Å². The fourth-order valence-corrected chi connectivity index (χ4v) is 6.92. The average Bonchev–Trinajstić information content (AvgIpc) is 3.44. The molecule has 48 heavy (non-hydrogen) atoms. The molecule has 6 aromatic rings. The van der Waals surface area contributed by atoms with E-state index in [2.05, 4.69) is 10.2 Å². The molecule has 2 heterocycles. The zero-order valence-corrected chi connectivity index (χ0v) is 27.1. The number of fused-ring (bicyclic) bond motifs is 1. The van der Waals surface area contributed by atoms with Gasteiger partial charge in [0, 0.05) is 29.2 Å². The molecule has 11 heteroatoms. The number of halogens is 2. The van der Waals surface area contributed by atoms with Crippen molar-refractivity contribution in [1.82, 2.24) is 14.0 Å². The molecule has 0 saturated carbocycles. The Labute approximate surface area is 279 Å². The first-order valence-corrected chi connectivity index (χ1v) is 16.1. The van der Waals surface area contributed by atoms with Gasteiger partial charge in [0.15, 0.2) is 0 Å². The summed E-state index contributed by atoms with van der Waals surface area (Å²) in [6, 6.07) is 28.3. The molecule has 1 atom stereocenters. The van der Waals surface area contributed by atoms with Crippen molar-refractivity contribution >= 4 is 33.1 Å². The Bertz CT molecular complexity index is 2190. The highest BCUT2D eigenvalue weighted by molar-refractivity contribution is 7.22. The van der Waals surface area contributed by atoms with Crippen molar-refractivity contribution < 1.29 is 13.6 Å². The third kappa shape index (κ3) is 6.61. The molecule has 244 valence electrons. The number of thiophene rings is 1. The van der Waals surface area contributed by atoms with Crippen molar-refractivity contribution in [1.29, 1.82) is 0 Å². The number of para-hydroxylation sites is 1. The van der Waals surface area contributed by atoms with Crippen LogP contribution in [0.3, 0.4) is 0 Å². The summed E-state index contributed by atoms with van der Waals surface area (Å²) in [7, 11) is 1.94. The van der Waals surface area contributed by atoms with Gasteiger partial charge in [0.05, 0.1) is 23.7 Å². The number of nitrogens with zero attached hydrogens (tertiary/aromatic N) is 3. The van der Waals surface area contributed by atoms with E-state index in [0.29, 0.717) is 39.7 Å². The van der Waals surface area contributed by atoms with Crippen molar-refractivity contribution in [3.8, 4) is 16.1 Å². The third-order valence-corrected chi connectivity index (χ3v) is 9.32. The Balaban J connectivity index is 1.59. The van der Waals surface area contributed by atoms with Gasteiger partial charge in [-0.1, -0.05) is 66.7 Å². The minimum atomic E-state index is -0.795. The van der Waals surface area contributed by atoms with Gasteiger partial charge in [0.25, 0.3) is 5.56 Å². The van der Waals surface area contributed by atoms with E-state index in [4.69, 9.17) is 5.73 Å². The molecule has 0 radical (unpaired) electrons. The second kappa shape index (κ2) is 13.9. The van der Waals surface area contributed by atoms with E-state index in [-0.39, 0.29) is 16.9 Å². The van der Waals surface area contributed by atoms with Crippen LogP contribution >= 0.6 is 11.3 Å². The van der Waals surface area contributed by atoms with Crippen molar-refractivity contribution in [2.24, 2.45) is 5.73 Å². The summed E-state index contributed by atoms with van der Waals surface area (Å²) in [4.78, 5) is 43.9. The Morgan fingerprint density at radius 2 is 1.48 bits per heavy atom. The van der Waals surface area contributed by atoms with Crippen molar-refractivity contribution in [2.45, 2.75) is 32.6 Å². The van der Waals surface area contributed by atoms with Crippen LogP contribution in [0.25, 0.3) is 26.3 Å². The van der Waals surface area contributed by atoms with Crippen LogP contribution < -0.4 is 22.3 Å². The molecule has 0 spiro atoms. The number of rotatable bonds is 10. The van der Waals surface area contributed by atoms with E-state index in [9.17, 15) is 14.4 Å². The molecule has 0 saturated heterocycles. The van der Waals surface area contributed by atoms with E-state index in [1.807, 2.05) is 49.5 Å². The van der Waals surface area contributed by atoms with Crippen LogP contribution in [0.5, 0.6) is 0 Å². The summed E-state index contributed by atoms with van der Waals surface area (Å²) in [6.45, 7) is 2.06. The lowest BCUT2D eigenvalue weighted by Gasteiger charge is -2.18. The lowest BCUT2D eigenvalue weighted by Crippen LogP contribution is -2.39. The molecule has 2 aromatic heterocycles. The normalized spacial score (nSPS) is 12.0. The lowest BCUT2D eigenvalue weighted by atomic mass is 10.1. The number of carbonyl (C=O) groups is 1. The minimum absolute atomic E-state index is 0.282. The maximum absolute atomic E-state index is 15.0. The monoisotopic (exact) mass is 665 g/mol. The Morgan fingerprint density at radius 1 is 0.854 bits per heavy atom. The smallest absolute Gasteiger partial charge is 0.325 e. The second-order valence-electron chi connectivity index (χ2n) is 11.6. The van der Waals surface area contributed by atoms with Gasteiger partial charge in [0.1, 0.15) is 16.5 Å². The van der Waals surface area contributed by atoms with Crippen LogP contribution in [0.2, 0.25) is 0 Å². The summed E-state index contributed by atoms with van der Waals surface area (Å²) in [6.07, 6.45) is 0. The summed E-state index contributed by atoms with van der Waals surface area (Å²) in [5.41, 5.74) is 7.54. The van der Waals surface area contributed by atoms with Crippen molar-refractivity contribution in [3.05, 3.63) is 152 Å². The molecule has 1 amide bonds. The van der Waals surface area contributed by atoms with E-state index in [1.165, 1.54) is 22.0 Å². The number of hydrogen-bond acceptors (Lipinski definition) is 6. The third-order valence-electron chi connectivity index (χ3n) is 8.02. The molecule has 3 N–H and O–H groups in total. The van der Waals surface area contributed by atoms with Gasteiger partial charge in [-0.2, -0.15) is 0 Å². The first-order chi connectivity index (χ1) is 23.1. The number of nitrogens with two attached hydrogens (primary N) is 1. The number of amides is 1. The summed E-state index contributed by atoms with van der Waals surface area (Å²) >= 11 is 1.21. The number of anilines is 1. The van der Waals surface area contributed by atoms with E-state index in [1.54, 1.807) is 49.4 Å². The molecule has 0 fully saturated rings. The van der Waals surface area contributed by atoms with E-state index >= 15 is 8.78 Å². The SMILES string of the molecule is C[C@H](N)C(=O)Nc1ccc(-c2sc3c(c2CN(C)Cc2ccccc2)c(=O)n(-c2ccccc2)c(=O)n3Cc2c(F)cccc2F)cc1. The summed E-state index contributed by atoms with van der Waals surface area (Å²) in [5.74, 6) is -1.92. The number of hydrogen-bond donors (Lipinski definition) is 2. The molecule has 0 bridgehead atoms. The zero-order valence-electron chi connectivity index (χ0n) is 26.3. The number of nitrogens with one attached hydrogen (secondary N) is 1. The Kier molecular flexibility index (Phi) is 9.44. The van der Waals surface area contributed by atoms with Gasteiger partial charge in [-0.3, -0.25) is 19.1 Å².